The molecule has 1 fully saturated rings. The van der Waals surface area contributed by atoms with E-state index in [1.165, 1.54) is 0 Å². The van der Waals surface area contributed by atoms with E-state index in [1.54, 1.807) is 0 Å². The van der Waals surface area contributed by atoms with Gasteiger partial charge in [-0.25, -0.2) is 5.90 Å². The SMILES string of the molecule is CC(C)(C)CC1(ON)CC1(C)C. The molecule has 2 nitrogen and oxygen atoms in total. The zero-order valence-corrected chi connectivity index (χ0v) is 8.90. The Morgan fingerprint density at radius 1 is 1.33 bits per heavy atom. The molecule has 1 saturated carbocycles. The van der Waals surface area contributed by atoms with E-state index in [-0.39, 0.29) is 11.0 Å². The zero-order chi connectivity index (χ0) is 9.62. The van der Waals surface area contributed by atoms with Crippen LogP contribution in [0.1, 0.15) is 47.5 Å². The highest BCUT2D eigenvalue weighted by Crippen LogP contribution is 2.61. The molecule has 1 rings (SSSR count). The average molecular weight is 171 g/mol. The van der Waals surface area contributed by atoms with Crippen LogP contribution in [-0.4, -0.2) is 5.60 Å². The molecule has 2 N–H and O–H groups in total. The third-order valence-corrected chi connectivity index (χ3v) is 2.88. The van der Waals surface area contributed by atoms with Gasteiger partial charge in [0.2, 0.25) is 0 Å². The average Bonchev–Trinajstić information content (AvgIpc) is 2.30. The van der Waals surface area contributed by atoms with Gasteiger partial charge in [-0.15, -0.1) is 0 Å². The van der Waals surface area contributed by atoms with Crippen molar-refractivity contribution in [3.63, 3.8) is 0 Å². The second-order valence-electron chi connectivity index (χ2n) is 5.91. The summed E-state index contributed by atoms with van der Waals surface area (Å²) in [6.45, 7) is 11.1. The third kappa shape index (κ3) is 1.64. The maximum atomic E-state index is 5.35. The minimum absolute atomic E-state index is 0.0503. The van der Waals surface area contributed by atoms with Crippen molar-refractivity contribution in [3.8, 4) is 0 Å². The Balaban J connectivity index is 2.62. The van der Waals surface area contributed by atoms with Gasteiger partial charge in [-0.3, -0.25) is 4.84 Å². The van der Waals surface area contributed by atoms with Crippen LogP contribution < -0.4 is 5.90 Å². The summed E-state index contributed by atoms with van der Waals surface area (Å²) in [5, 5.41) is 0. The van der Waals surface area contributed by atoms with Gasteiger partial charge in [-0.1, -0.05) is 34.6 Å². The molecule has 2 heteroatoms. The fourth-order valence-corrected chi connectivity index (χ4v) is 2.07. The van der Waals surface area contributed by atoms with Gasteiger partial charge in [0.05, 0.1) is 5.60 Å². The van der Waals surface area contributed by atoms with E-state index in [0.717, 1.165) is 12.8 Å². The zero-order valence-electron chi connectivity index (χ0n) is 8.90. The Morgan fingerprint density at radius 2 is 1.75 bits per heavy atom. The summed E-state index contributed by atoms with van der Waals surface area (Å²) in [5.41, 5.74) is 0.521. The standard InChI is InChI=1S/C10H21NO/c1-8(2,3)6-10(12-11)7-9(10,4)5/h6-7,11H2,1-5H3. The summed E-state index contributed by atoms with van der Waals surface area (Å²) >= 11 is 0. The van der Waals surface area contributed by atoms with E-state index in [1.807, 2.05) is 0 Å². The van der Waals surface area contributed by atoms with Gasteiger partial charge in [0, 0.05) is 0 Å². The Morgan fingerprint density at radius 3 is 1.83 bits per heavy atom. The van der Waals surface area contributed by atoms with Crippen molar-refractivity contribution in [2.24, 2.45) is 16.7 Å². The van der Waals surface area contributed by atoms with Crippen LogP contribution in [0.15, 0.2) is 0 Å². The number of rotatable bonds is 2. The van der Waals surface area contributed by atoms with E-state index in [2.05, 4.69) is 34.6 Å². The first-order valence-electron chi connectivity index (χ1n) is 4.60. The molecule has 1 aliphatic rings. The quantitative estimate of drug-likeness (QED) is 0.648. The van der Waals surface area contributed by atoms with E-state index in [9.17, 15) is 0 Å². The van der Waals surface area contributed by atoms with E-state index in [4.69, 9.17) is 10.7 Å². The van der Waals surface area contributed by atoms with Gasteiger partial charge in [-0.05, 0) is 23.7 Å². The summed E-state index contributed by atoms with van der Waals surface area (Å²) < 4.78 is 0. The normalized spacial score (nSPS) is 33.5. The largest absolute Gasteiger partial charge is 0.297 e. The van der Waals surface area contributed by atoms with Crippen LogP contribution in [0.4, 0.5) is 0 Å². The van der Waals surface area contributed by atoms with Crippen LogP contribution in [0.5, 0.6) is 0 Å². The maximum absolute atomic E-state index is 5.35. The van der Waals surface area contributed by atoms with E-state index < -0.39 is 0 Å². The molecule has 1 atom stereocenters. The second-order valence-corrected chi connectivity index (χ2v) is 5.91. The van der Waals surface area contributed by atoms with Crippen molar-refractivity contribution >= 4 is 0 Å². The Kier molecular flexibility index (Phi) is 2.05. The predicted molar refractivity (Wildman–Crippen MR) is 50.5 cm³/mol. The fourth-order valence-electron chi connectivity index (χ4n) is 2.07. The van der Waals surface area contributed by atoms with Crippen LogP contribution in [0.2, 0.25) is 0 Å². The number of hydrogen-bond donors (Lipinski definition) is 1. The predicted octanol–water partition coefficient (Wildman–Crippen LogP) is 2.48. The molecular formula is C10H21NO. The molecule has 0 saturated heterocycles. The minimum Gasteiger partial charge on any atom is -0.297 e. The lowest BCUT2D eigenvalue weighted by Crippen LogP contribution is -2.30. The van der Waals surface area contributed by atoms with Gasteiger partial charge >= 0.3 is 0 Å². The first-order chi connectivity index (χ1) is 5.22. The highest BCUT2D eigenvalue weighted by Gasteiger charge is 2.63. The smallest absolute Gasteiger partial charge is 0.0956 e. The van der Waals surface area contributed by atoms with Crippen molar-refractivity contribution < 1.29 is 4.84 Å². The molecule has 0 aromatic heterocycles. The molecule has 1 unspecified atom stereocenters. The van der Waals surface area contributed by atoms with Crippen molar-refractivity contribution in [3.05, 3.63) is 0 Å². The summed E-state index contributed by atoms with van der Waals surface area (Å²) in [4.78, 5) is 5.14. The lowest BCUT2D eigenvalue weighted by atomic mass is 9.85. The fraction of sp³-hybridized carbons (Fsp3) is 1.00. The Bertz CT molecular complexity index is 181. The number of hydrogen-bond acceptors (Lipinski definition) is 2. The van der Waals surface area contributed by atoms with Crippen LogP contribution in [-0.2, 0) is 4.84 Å². The molecule has 0 bridgehead atoms. The molecule has 0 spiro atoms. The first-order valence-corrected chi connectivity index (χ1v) is 4.60. The van der Waals surface area contributed by atoms with Crippen LogP contribution in [0.3, 0.4) is 0 Å². The summed E-state index contributed by atoms with van der Waals surface area (Å²) in [7, 11) is 0. The van der Waals surface area contributed by atoms with Crippen molar-refractivity contribution in [1.82, 2.24) is 0 Å². The van der Waals surface area contributed by atoms with E-state index in [0.29, 0.717) is 5.41 Å². The monoisotopic (exact) mass is 171 g/mol. The lowest BCUT2D eigenvalue weighted by Gasteiger charge is -2.27. The first kappa shape index (κ1) is 10.0. The highest BCUT2D eigenvalue weighted by atomic mass is 16.6. The van der Waals surface area contributed by atoms with E-state index >= 15 is 0 Å². The summed E-state index contributed by atoms with van der Waals surface area (Å²) in [5.74, 6) is 5.35. The highest BCUT2D eigenvalue weighted by molar-refractivity contribution is 5.13. The van der Waals surface area contributed by atoms with Crippen LogP contribution in [0.25, 0.3) is 0 Å². The second kappa shape index (κ2) is 2.46. The van der Waals surface area contributed by atoms with Gasteiger partial charge in [0.1, 0.15) is 0 Å². The molecule has 72 valence electrons. The van der Waals surface area contributed by atoms with Gasteiger partial charge in [0.25, 0.3) is 0 Å². The Hall–Kier alpha value is -0.0800. The van der Waals surface area contributed by atoms with Crippen LogP contribution in [0, 0.1) is 10.8 Å². The molecular weight excluding hydrogens is 150 g/mol. The molecule has 0 aromatic carbocycles. The molecule has 0 aromatic rings. The topological polar surface area (TPSA) is 35.2 Å². The molecule has 0 heterocycles. The molecule has 0 aliphatic heterocycles. The minimum atomic E-state index is -0.0503. The van der Waals surface area contributed by atoms with Gasteiger partial charge in [0.15, 0.2) is 0 Å². The molecule has 0 amide bonds. The Labute approximate surface area is 75.4 Å². The van der Waals surface area contributed by atoms with Crippen molar-refractivity contribution in [1.29, 1.82) is 0 Å². The van der Waals surface area contributed by atoms with Gasteiger partial charge in [-0.2, -0.15) is 0 Å². The summed E-state index contributed by atoms with van der Waals surface area (Å²) in [6, 6.07) is 0. The van der Waals surface area contributed by atoms with Crippen molar-refractivity contribution in [2.45, 2.75) is 53.1 Å². The number of nitrogens with two attached hydrogens (primary N) is 1. The third-order valence-electron chi connectivity index (χ3n) is 2.88. The molecule has 0 radical (unpaired) electrons. The van der Waals surface area contributed by atoms with Crippen LogP contribution >= 0.6 is 0 Å². The van der Waals surface area contributed by atoms with Gasteiger partial charge < -0.3 is 0 Å². The maximum Gasteiger partial charge on any atom is 0.0956 e. The molecule has 12 heavy (non-hydrogen) atoms. The lowest BCUT2D eigenvalue weighted by molar-refractivity contribution is -0.0213. The molecule has 1 aliphatic carbocycles. The van der Waals surface area contributed by atoms with Crippen molar-refractivity contribution in [2.75, 3.05) is 0 Å². The summed E-state index contributed by atoms with van der Waals surface area (Å²) in [6.07, 6.45) is 2.14.